The van der Waals surface area contributed by atoms with Gasteiger partial charge < -0.3 is 14.9 Å². The number of rotatable bonds is 4. The fourth-order valence-corrected chi connectivity index (χ4v) is 3.74. The number of carbonyl (C=O) groups is 3. The second-order valence-corrected chi connectivity index (χ2v) is 7.75. The molecule has 1 aromatic carbocycles. The van der Waals surface area contributed by atoms with Crippen molar-refractivity contribution in [3.05, 3.63) is 35.4 Å². The summed E-state index contributed by atoms with van der Waals surface area (Å²) in [6.45, 7) is 2.12. The Balaban J connectivity index is 1.64. The van der Waals surface area contributed by atoms with Crippen molar-refractivity contribution in [3.63, 3.8) is 0 Å². The van der Waals surface area contributed by atoms with Crippen LogP contribution in [0.25, 0.3) is 0 Å². The van der Waals surface area contributed by atoms with Crippen molar-refractivity contribution >= 4 is 17.8 Å². The van der Waals surface area contributed by atoms with Gasteiger partial charge in [-0.1, -0.05) is 12.1 Å². The molecule has 1 aromatic rings. The highest BCUT2D eigenvalue weighted by molar-refractivity contribution is 5.90. The molecule has 0 bridgehead atoms. The number of carboxylic acids is 1. The zero-order chi connectivity index (χ0) is 20.7. The predicted octanol–water partition coefficient (Wildman–Crippen LogP) is 2.38. The Bertz CT molecular complexity index is 811. The zero-order valence-corrected chi connectivity index (χ0v) is 15.3. The average molecular weight is 398 g/mol. The molecule has 2 aliphatic rings. The maximum absolute atomic E-state index is 12.8. The molecule has 2 fully saturated rings. The molecule has 1 N–H and O–H groups in total. The summed E-state index contributed by atoms with van der Waals surface area (Å²) >= 11 is 0. The van der Waals surface area contributed by atoms with E-state index in [4.69, 9.17) is 0 Å². The summed E-state index contributed by atoms with van der Waals surface area (Å²) in [7, 11) is 0. The number of carbonyl (C=O) groups excluding carboxylic acids is 2. The first-order valence-electron chi connectivity index (χ1n) is 8.96. The van der Waals surface area contributed by atoms with E-state index in [2.05, 4.69) is 0 Å². The van der Waals surface area contributed by atoms with Crippen LogP contribution < -0.4 is 0 Å². The largest absolute Gasteiger partial charge is 0.481 e. The van der Waals surface area contributed by atoms with E-state index < -0.39 is 29.0 Å². The van der Waals surface area contributed by atoms with Crippen molar-refractivity contribution in [2.45, 2.75) is 32.5 Å². The van der Waals surface area contributed by atoms with Gasteiger partial charge in [-0.2, -0.15) is 13.2 Å². The maximum Gasteiger partial charge on any atom is 0.416 e. The molecule has 6 nitrogen and oxygen atoms in total. The molecule has 3 rings (SSSR count). The van der Waals surface area contributed by atoms with E-state index in [-0.39, 0.29) is 37.9 Å². The minimum Gasteiger partial charge on any atom is -0.481 e. The lowest BCUT2D eigenvalue weighted by Crippen LogP contribution is -2.38. The third kappa shape index (κ3) is 3.98. The lowest BCUT2D eigenvalue weighted by Gasteiger charge is -2.23. The second-order valence-electron chi connectivity index (χ2n) is 7.75. The first-order chi connectivity index (χ1) is 13.0. The van der Waals surface area contributed by atoms with Gasteiger partial charge in [0, 0.05) is 32.6 Å². The number of nitrogens with zero attached hydrogens (tertiary/aromatic N) is 2. The van der Waals surface area contributed by atoms with Crippen LogP contribution in [-0.2, 0) is 27.1 Å². The van der Waals surface area contributed by atoms with Crippen molar-refractivity contribution in [2.24, 2.45) is 11.3 Å². The van der Waals surface area contributed by atoms with Gasteiger partial charge >= 0.3 is 12.1 Å². The van der Waals surface area contributed by atoms with Crippen molar-refractivity contribution in [3.8, 4) is 0 Å². The molecule has 28 heavy (non-hydrogen) atoms. The van der Waals surface area contributed by atoms with Gasteiger partial charge in [0.05, 0.1) is 16.9 Å². The van der Waals surface area contributed by atoms with Crippen LogP contribution in [0.3, 0.4) is 0 Å². The van der Waals surface area contributed by atoms with Crippen molar-refractivity contribution < 1.29 is 32.7 Å². The Morgan fingerprint density at radius 2 is 2.04 bits per heavy atom. The number of amides is 2. The first-order valence-corrected chi connectivity index (χ1v) is 8.96. The van der Waals surface area contributed by atoms with Crippen LogP contribution in [0.4, 0.5) is 13.2 Å². The normalized spacial score (nSPS) is 25.4. The Labute approximate surface area is 159 Å². The molecule has 0 saturated carbocycles. The van der Waals surface area contributed by atoms with Crippen molar-refractivity contribution in [2.75, 3.05) is 19.6 Å². The highest BCUT2D eigenvalue weighted by Crippen LogP contribution is 2.33. The highest BCUT2D eigenvalue weighted by atomic mass is 19.4. The van der Waals surface area contributed by atoms with E-state index in [9.17, 15) is 32.7 Å². The Morgan fingerprint density at radius 3 is 2.64 bits per heavy atom. The average Bonchev–Trinajstić information content (AvgIpc) is 3.18. The lowest BCUT2D eigenvalue weighted by molar-refractivity contribution is -0.147. The van der Waals surface area contributed by atoms with E-state index in [0.717, 1.165) is 12.1 Å². The Morgan fingerprint density at radius 1 is 1.32 bits per heavy atom. The third-order valence-electron chi connectivity index (χ3n) is 5.49. The number of halogens is 3. The SMILES string of the molecule is CC1(C(=O)O)CCN(C(=O)C2CC(=O)N(Cc3cccc(C(F)(F)F)c3)C2)C1. The van der Waals surface area contributed by atoms with Gasteiger partial charge in [0.2, 0.25) is 11.8 Å². The minimum atomic E-state index is -4.46. The molecule has 2 heterocycles. The van der Waals surface area contributed by atoms with Crippen LogP contribution in [0.5, 0.6) is 0 Å². The van der Waals surface area contributed by atoms with Crippen molar-refractivity contribution in [1.29, 1.82) is 0 Å². The molecule has 9 heteroatoms. The van der Waals surface area contributed by atoms with Crippen LogP contribution in [0.2, 0.25) is 0 Å². The topological polar surface area (TPSA) is 77.9 Å². The highest BCUT2D eigenvalue weighted by Gasteiger charge is 2.45. The molecule has 0 aromatic heterocycles. The lowest BCUT2D eigenvalue weighted by atomic mass is 9.90. The van der Waals surface area contributed by atoms with Crippen LogP contribution >= 0.6 is 0 Å². The van der Waals surface area contributed by atoms with Crippen LogP contribution in [0, 0.1) is 11.3 Å². The predicted molar refractivity (Wildman–Crippen MR) is 91.9 cm³/mol. The number of hydrogen-bond donors (Lipinski definition) is 1. The Kier molecular flexibility index (Phi) is 5.12. The Hall–Kier alpha value is -2.58. The molecule has 0 radical (unpaired) electrons. The second kappa shape index (κ2) is 7.10. The third-order valence-corrected chi connectivity index (χ3v) is 5.49. The molecule has 2 aliphatic heterocycles. The number of likely N-dealkylation sites (tertiary alicyclic amines) is 2. The standard InChI is InChI=1S/C19H21F3N2O4/c1-18(17(27)28)5-6-23(11-18)16(26)13-8-15(25)24(10-13)9-12-3-2-4-14(7-12)19(20,21)22/h2-4,7,13H,5-6,8-11H2,1H3,(H,27,28). The van der Waals surface area contributed by atoms with Crippen LogP contribution in [0.15, 0.2) is 24.3 Å². The minimum absolute atomic E-state index is 0.000620. The molecular formula is C19H21F3N2O4. The first kappa shape index (κ1) is 20.2. The fourth-order valence-electron chi connectivity index (χ4n) is 3.74. The molecule has 0 aliphatic carbocycles. The van der Waals surface area contributed by atoms with E-state index in [1.807, 2.05) is 0 Å². The molecule has 152 valence electrons. The molecule has 2 saturated heterocycles. The maximum atomic E-state index is 12.8. The van der Waals surface area contributed by atoms with Gasteiger partial charge in [0.15, 0.2) is 0 Å². The van der Waals surface area contributed by atoms with Gasteiger partial charge in [0.25, 0.3) is 0 Å². The summed E-state index contributed by atoms with van der Waals surface area (Å²) < 4.78 is 38.5. The summed E-state index contributed by atoms with van der Waals surface area (Å²) in [5, 5.41) is 9.28. The van der Waals surface area contributed by atoms with Gasteiger partial charge in [-0.05, 0) is 31.0 Å². The van der Waals surface area contributed by atoms with E-state index >= 15 is 0 Å². The number of aliphatic carboxylic acids is 1. The summed E-state index contributed by atoms with van der Waals surface area (Å²) in [6, 6.07) is 4.77. The van der Waals surface area contributed by atoms with E-state index in [1.165, 1.54) is 21.9 Å². The molecule has 0 spiro atoms. The quantitative estimate of drug-likeness (QED) is 0.845. The van der Waals surface area contributed by atoms with Crippen LogP contribution in [-0.4, -0.2) is 52.3 Å². The summed E-state index contributed by atoms with van der Waals surface area (Å²) in [5.74, 6) is -2.13. The number of alkyl halides is 3. The van der Waals surface area contributed by atoms with Gasteiger partial charge in [0.1, 0.15) is 0 Å². The van der Waals surface area contributed by atoms with E-state index in [1.54, 1.807) is 6.92 Å². The number of hydrogen-bond acceptors (Lipinski definition) is 3. The van der Waals surface area contributed by atoms with Gasteiger partial charge in [-0.25, -0.2) is 0 Å². The van der Waals surface area contributed by atoms with Crippen molar-refractivity contribution in [1.82, 2.24) is 9.80 Å². The molecule has 2 atom stereocenters. The molecule has 2 amide bonds. The molecular weight excluding hydrogens is 377 g/mol. The fraction of sp³-hybridized carbons (Fsp3) is 0.526. The zero-order valence-electron chi connectivity index (χ0n) is 15.3. The smallest absolute Gasteiger partial charge is 0.416 e. The van der Waals surface area contributed by atoms with E-state index in [0.29, 0.717) is 18.5 Å². The molecule has 2 unspecified atom stereocenters. The monoisotopic (exact) mass is 398 g/mol. The van der Waals surface area contributed by atoms with Gasteiger partial charge in [-0.15, -0.1) is 0 Å². The summed E-state index contributed by atoms with van der Waals surface area (Å²) in [4.78, 5) is 39.1. The van der Waals surface area contributed by atoms with Gasteiger partial charge in [-0.3, -0.25) is 14.4 Å². The van der Waals surface area contributed by atoms with Crippen LogP contribution in [0.1, 0.15) is 30.9 Å². The number of benzene rings is 1. The summed E-state index contributed by atoms with van der Waals surface area (Å²) in [5.41, 5.74) is -1.43. The summed E-state index contributed by atoms with van der Waals surface area (Å²) in [6.07, 6.45) is -4.13. The number of carboxylic acid groups (broad SMARTS) is 1.